The lowest BCUT2D eigenvalue weighted by Gasteiger charge is -2.09. The molecule has 0 atom stereocenters. The minimum Gasteiger partial charge on any atom is -0.463 e. The van der Waals surface area contributed by atoms with Crippen LogP contribution in [-0.4, -0.2) is 29.1 Å². The van der Waals surface area contributed by atoms with Crippen molar-refractivity contribution >= 4 is 50.9 Å². The molecule has 0 radical (unpaired) electrons. The summed E-state index contributed by atoms with van der Waals surface area (Å²) in [5.74, 6) is 0.324. The topological polar surface area (TPSA) is 90.0 Å². The number of carbonyl (C=O) groups is 3. The first-order valence-electron chi connectivity index (χ1n) is 8.73. The fourth-order valence-electron chi connectivity index (χ4n) is 2.82. The van der Waals surface area contributed by atoms with Gasteiger partial charge in [0.05, 0.1) is 18.6 Å². The fraction of sp³-hybridized carbons (Fsp3) is 0.0952. The maximum Gasteiger partial charge on any atom is 0.373 e. The summed E-state index contributed by atoms with van der Waals surface area (Å²) in [5, 5.41) is -0.430. The molecule has 4 rings (SSSR count). The van der Waals surface area contributed by atoms with Crippen molar-refractivity contribution in [3.8, 4) is 11.3 Å². The van der Waals surface area contributed by atoms with Gasteiger partial charge in [-0.05, 0) is 48.2 Å². The second-order valence-electron chi connectivity index (χ2n) is 6.24. The van der Waals surface area contributed by atoms with Crippen LogP contribution in [0.2, 0.25) is 0 Å². The van der Waals surface area contributed by atoms with Crippen LogP contribution in [0.5, 0.6) is 0 Å². The lowest BCUT2D eigenvalue weighted by molar-refractivity contribution is -0.123. The molecule has 0 saturated carbocycles. The van der Waals surface area contributed by atoms with Gasteiger partial charge in [0.2, 0.25) is 5.76 Å². The zero-order chi connectivity index (χ0) is 21.3. The van der Waals surface area contributed by atoms with Crippen LogP contribution in [0.15, 0.2) is 66.7 Å². The van der Waals surface area contributed by atoms with Gasteiger partial charge < -0.3 is 13.6 Å². The predicted octanol–water partition coefficient (Wildman–Crippen LogP) is 5.33. The summed E-state index contributed by atoms with van der Waals surface area (Å²) in [7, 11) is 1.24. The maximum atomic E-state index is 12.7. The van der Waals surface area contributed by atoms with Crippen LogP contribution in [0.3, 0.4) is 0 Å². The molecular weight excluding hydrogens is 474 g/mol. The number of nitrogens with zero attached hydrogens (tertiary/aromatic N) is 1. The van der Waals surface area contributed by atoms with E-state index in [1.165, 1.54) is 25.3 Å². The van der Waals surface area contributed by atoms with Gasteiger partial charge in [-0.2, -0.15) is 0 Å². The number of esters is 1. The molecule has 30 heavy (non-hydrogen) atoms. The molecule has 7 nitrogen and oxygen atoms in total. The molecule has 2 amide bonds. The van der Waals surface area contributed by atoms with E-state index in [1.807, 2.05) is 24.3 Å². The summed E-state index contributed by atoms with van der Waals surface area (Å²) in [6.45, 7) is -0.0829. The standard InChI is InChI=1S/C21H14BrNO6S/c1-27-20(25)17-8-6-15(29-17)11-23-19(24)18(30-21(23)26)10-14-5-7-16(28-14)12-3-2-4-13(22)9-12/h2-10H,11H2,1H3. The fourth-order valence-corrected chi connectivity index (χ4v) is 4.04. The van der Waals surface area contributed by atoms with E-state index in [-0.39, 0.29) is 17.2 Å². The SMILES string of the molecule is COC(=O)c1ccc(CN2C(=O)SC(=Cc3ccc(-c4cccc(Br)c4)o3)C2=O)o1. The predicted molar refractivity (Wildman–Crippen MR) is 113 cm³/mol. The van der Waals surface area contributed by atoms with Gasteiger partial charge in [0.15, 0.2) is 0 Å². The third-order valence-electron chi connectivity index (χ3n) is 4.25. The molecular formula is C21H14BrNO6S. The first-order chi connectivity index (χ1) is 14.4. The number of methoxy groups -OCH3 is 1. The van der Waals surface area contributed by atoms with Crippen LogP contribution >= 0.6 is 27.7 Å². The van der Waals surface area contributed by atoms with Gasteiger partial charge in [0.25, 0.3) is 11.1 Å². The lowest BCUT2D eigenvalue weighted by Crippen LogP contribution is -2.27. The third kappa shape index (κ3) is 4.12. The lowest BCUT2D eigenvalue weighted by atomic mass is 10.2. The highest BCUT2D eigenvalue weighted by Gasteiger charge is 2.36. The number of thioether (sulfide) groups is 1. The zero-order valence-electron chi connectivity index (χ0n) is 15.6. The Morgan fingerprint density at radius 1 is 1.17 bits per heavy atom. The van der Waals surface area contributed by atoms with E-state index in [1.54, 1.807) is 12.1 Å². The molecule has 3 aromatic rings. The zero-order valence-corrected chi connectivity index (χ0v) is 18.0. The molecule has 152 valence electrons. The molecule has 1 aliphatic rings. The van der Waals surface area contributed by atoms with E-state index in [0.29, 0.717) is 17.3 Å². The van der Waals surface area contributed by atoms with E-state index in [9.17, 15) is 14.4 Å². The van der Waals surface area contributed by atoms with Crippen molar-refractivity contribution in [2.24, 2.45) is 0 Å². The first-order valence-corrected chi connectivity index (χ1v) is 10.3. The van der Waals surface area contributed by atoms with Gasteiger partial charge >= 0.3 is 5.97 Å². The Morgan fingerprint density at radius 2 is 2.00 bits per heavy atom. The normalized spacial score (nSPS) is 15.3. The van der Waals surface area contributed by atoms with E-state index >= 15 is 0 Å². The van der Waals surface area contributed by atoms with Crippen LogP contribution in [0.4, 0.5) is 4.79 Å². The number of hydrogen-bond donors (Lipinski definition) is 0. The van der Waals surface area contributed by atoms with E-state index in [2.05, 4.69) is 20.7 Å². The maximum absolute atomic E-state index is 12.7. The third-order valence-corrected chi connectivity index (χ3v) is 5.65. The van der Waals surface area contributed by atoms with Crippen molar-refractivity contribution in [1.82, 2.24) is 4.90 Å². The summed E-state index contributed by atoms with van der Waals surface area (Å²) >= 11 is 4.24. The summed E-state index contributed by atoms with van der Waals surface area (Å²) in [4.78, 5) is 37.8. The molecule has 0 unspecified atom stereocenters. The second-order valence-corrected chi connectivity index (χ2v) is 8.15. The van der Waals surface area contributed by atoms with E-state index in [0.717, 1.165) is 26.7 Å². The highest BCUT2D eigenvalue weighted by Crippen LogP contribution is 2.34. The molecule has 0 aliphatic carbocycles. The number of amides is 2. The van der Waals surface area contributed by atoms with Crippen molar-refractivity contribution < 1.29 is 28.0 Å². The number of rotatable bonds is 5. The van der Waals surface area contributed by atoms with Gasteiger partial charge in [-0.1, -0.05) is 28.1 Å². The number of ether oxygens (including phenoxy) is 1. The average Bonchev–Trinajstić information content (AvgIpc) is 3.45. The number of hydrogen-bond acceptors (Lipinski definition) is 7. The van der Waals surface area contributed by atoms with Crippen LogP contribution in [-0.2, 0) is 16.1 Å². The van der Waals surface area contributed by atoms with Crippen LogP contribution in [0.1, 0.15) is 22.1 Å². The number of carbonyl (C=O) groups excluding carboxylic acids is 3. The van der Waals surface area contributed by atoms with Crippen molar-refractivity contribution in [3.63, 3.8) is 0 Å². The largest absolute Gasteiger partial charge is 0.463 e. The van der Waals surface area contributed by atoms with Gasteiger partial charge in [-0.25, -0.2) is 4.79 Å². The molecule has 2 aromatic heterocycles. The Kier molecular flexibility index (Phi) is 5.65. The Bertz CT molecular complexity index is 1180. The molecule has 0 bridgehead atoms. The number of furan rings is 2. The van der Waals surface area contributed by atoms with Crippen LogP contribution in [0, 0.1) is 0 Å². The Balaban J connectivity index is 1.50. The molecule has 1 aromatic carbocycles. The Labute approximate surface area is 183 Å². The van der Waals surface area contributed by atoms with Crippen LogP contribution < -0.4 is 0 Å². The average molecular weight is 488 g/mol. The van der Waals surface area contributed by atoms with Gasteiger partial charge in [0.1, 0.15) is 17.3 Å². The first kappa shape index (κ1) is 20.2. The van der Waals surface area contributed by atoms with Gasteiger partial charge in [-0.3, -0.25) is 14.5 Å². The van der Waals surface area contributed by atoms with E-state index < -0.39 is 17.1 Å². The molecule has 1 aliphatic heterocycles. The molecule has 1 fully saturated rings. The molecule has 3 heterocycles. The van der Waals surface area contributed by atoms with Crippen molar-refractivity contribution in [2.75, 3.05) is 7.11 Å². The number of imide groups is 1. The summed E-state index contributed by atoms with van der Waals surface area (Å²) in [6, 6.07) is 14.1. The molecule has 9 heteroatoms. The highest BCUT2D eigenvalue weighted by molar-refractivity contribution is 9.10. The monoisotopic (exact) mass is 487 g/mol. The summed E-state index contributed by atoms with van der Waals surface area (Å²) < 4.78 is 16.6. The van der Waals surface area contributed by atoms with Crippen LogP contribution in [0.25, 0.3) is 17.4 Å². The van der Waals surface area contributed by atoms with Crippen molar-refractivity contribution in [1.29, 1.82) is 0 Å². The summed E-state index contributed by atoms with van der Waals surface area (Å²) in [5.41, 5.74) is 0.886. The quantitative estimate of drug-likeness (QED) is 0.355. The molecule has 0 N–H and O–H groups in total. The smallest absolute Gasteiger partial charge is 0.373 e. The van der Waals surface area contributed by atoms with E-state index in [4.69, 9.17) is 8.83 Å². The Morgan fingerprint density at radius 3 is 2.77 bits per heavy atom. The Hall–Kier alpha value is -3.04. The van der Waals surface area contributed by atoms with Crippen molar-refractivity contribution in [3.05, 3.63) is 75.2 Å². The van der Waals surface area contributed by atoms with Gasteiger partial charge in [-0.15, -0.1) is 0 Å². The highest BCUT2D eigenvalue weighted by atomic mass is 79.9. The molecule has 0 spiro atoms. The molecule has 1 saturated heterocycles. The number of benzene rings is 1. The summed E-state index contributed by atoms with van der Waals surface area (Å²) in [6.07, 6.45) is 1.54. The number of halogens is 1. The van der Waals surface area contributed by atoms with Gasteiger partial charge in [0, 0.05) is 16.1 Å². The second kappa shape index (κ2) is 8.37. The minimum atomic E-state index is -0.630. The van der Waals surface area contributed by atoms with Crippen molar-refractivity contribution in [2.45, 2.75) is 6.54 Å². The minimum absolute atomic E-state index is 0.00526.